The molecule has 0 spiro atoms. The number of aliphatic hydroxyl groups is 1. The second-order valence-electron chi connectivity index (χ2n) is 4.45. The minimum atomic E-state index is -1.12. The number of carbonyl (C=O) groups is 2. The van der Waals surface area contributed by atoms with Crippen LogP contribution in [0.5, 0.6) is 0 Å². The first-order chi connectivity index (χ1) is 9.38. The van der Waals surface area contributed by atoms with Crippen molar-refractivity contribution in [3.8, 4) is 0 Å². The molecule has 2 atom stereocenters. The highest BCUT2D eigenvalue weighted by molar-refractivity contribution is 14.1. The molecule has 1 aliphatic rings. The number of carbonyl (C=O) groups excluding carboxylic acids is 1. The Labute approximate surface area is 133 Å². The average Bonchev–Trinajstić information content (AvgIpc) is 2.75. The topological polar surface area (TPSA) is 89.9 Å². The highest BCUT2D eigenvalue weighted by Gasteiger charge is 2.39. The van der Waals surface area contributed by atoms with Crippen molar-refractivity contribution in [3.63, 3.8) is 0 Å². The number of amides is 2. The summed E-state index contributed by atoms with van der Waals surface area (Å²) in [6.45, 7) is 0.00691. The number of nitrogens with zero attached hydrogens (tertiary/aromatic N) is 1. The number of anilines is 1. The van der Waals surface area contributed by atoms with Crippen molar-refractivity contribution in [2.45, 2.75) is 18.6 Å². The predicted octanol–water partition coefficient (Wildman–Crippen LogP) is 2.00. The maximum Gasteiger partial charge on any atom is 0.326 e. The van der Waals surface area contributed by atoms with Crippen molar-refractivity contribution in [2.75, 3.05) is 11.9 Å². The smallest absolute Gasteiger partial charge is 0.326 e. The largest absolute Gasteiger partial charge is 0.480 e. The van der Waals surface area contributed by atoms with Crippen molar-refractivity contribution in [2.24, 2.45) is 0 Å². The van der Waals surface area contributed by atoms with Gasteiger partial charge in [0.15, 0.2) is 0 Å². The van der Waals surface area contributed by atoms with Gasteiger partial charge >= 0.3 is 12.0 Å². The SMILES string of the molecule is O=C(O)[C@@H]1CC(O)CN1C(=O)Nc1ccc(Cl)cc1I. The van der Waals surface area contributed by atoms with E-state index >= 15 is 0 Å². The van der Waals surface area contributed by atoms with Crippen molar-refractivity contribution in [3.05, 3.63) is 26.8 Å². The Balaban J connectivity index is 2.13. The lowest BCUT2D eigenvalue weighted by Gasteiger charge is -2.22. The standard InChI is InChI=1S/C12H12ClIN2O4/c13-6-1-2-9(8(14)3-6)15-12(20)16-5-7(17)4-10(16)11(18)19/h1-3,7,10,17H,4-5H2,(H,15,20)(H,18,19)/t7?,10-/m0/s1. The average molecular weight is 411 g/mol. The third kappa shape index (κ3) is 3.33. The highest BCUT2D eigenvalue weighted by Crippen LogP contribution is 2.24. The number of hydrogen-bond donors (Lipinski definition) is 3. The van der Waals surface area contributed by atoms with Gasteiger partial charge in [0.1, 0.15) is 6.04 Å². The molecule has 1 aromatic carbocycles. The number of hydrogen-bond acceptors (Lipinski definition) is 3. The quantitative estimate of drug-likeness (QED) is 0.651. The van der Waals surface area contributed by atoms with E-state index in [-0.39, 0.29) is 13.0 Å². The Bertz CT molecular complexity index is 554. The zero-order chi connectivity index (χ0) is 14.9. The Morgan fingerprint density at radius 2 is 2.15 bits per heavy atom. The van der Waals surface area contributed by atoms with Gasteiger partial charge in [-0.05, 0) is 40.8 Å². The normalized spacial score (nSPS) is 21.9. The van der Waals surface area contributed by atoms with Crippen molar-refractivity contribution in [1.82, 2.24) is 4.90 Å². The Morgan fingerprint density at radius 3 is 2.75 bits per heavy atom. The Morgan fingerprint density at radius 1 is 1.45 bits per heavy atom. The monoisotopic (exact) mass is 410 g/mol. The molecule has 3 N–H and O–H groups in total. The predicted molar refractivity (Wildman–Crippen MR) is 81.9 cm³/mol. The maximum absolute atomic E-state index is 12.1. The minimum Gasteiger partial charge on any atom is -0.480 e. The van der Waals surface area contributed by atoms with E-state index < -0.39 is 24.1 Å². The first-order valence-electron chi connectivity index (χ1n) is 5.82. The van der Waals surface area contributed by atoms with Crippen LogP contribution in [0.1, 0.15) is 6.42 Å². The molecule has 108 valence electrons. The summed E-state index contributed by atoms with van der Waals surface area (Å²) in [6, 6.07) is 3.41. The lowest BCUT2D eigenvalue weighted by atomic mass is 10.2. The van der Waals surface area contributed by atoms with Gasteiger partial charge in [0, 0.05) is 21.6 Å². The van der Waals surface area contributed by atoms with Gasteiger partial charge in [-0.1, -0.05) is 11.6 Å². The molecule has 0 saturated carbocycles. The lowest BCUT2D eigenvalue weighted by Crippen LogP contribution is -2.43. The second-order valence-corrected chi connectivity index (χ2v) is 6.05. The fourth-order valence-corrected chi connectivity index (χ4v) is 3.06. The summed E-state index contributed by atoms with van der Waals surface area (Å²) in [4.78, 5) is 24.3. The van der Waals surface area contributed by atoms with E-state index in [0.29, 0.717) is 10.7 Å². The summed E-state index contributed by atoms with van der Waals surface area (Å²) in [5.74, 6) is -1.12. The van der Waals surface area contributed by atoms with Crippen LogP contribution in [0.3, 0.4) is 0 Å². The van der Waals surface area contributed by atoms with Crippen LogP contribution in [0.25, 0.3) is 0 Å². The van der Waals surface area contributed by atoms with Gasteiger partial charge in [-0.3, -0.25) is 0 Å². The number of carboxylic acid groups (broad SMARTS) is 1. The molecule has 2 amide bonds. The molecular weight excluding hydrogens is 398 g/mol. The number of aliphatic carboxylic acids is 1. The molecule has 0 aromatic heterocycles. The van der Waals surface area contributed by atoms with Crippen LogP contribution in [-0.4, -0.2) is 45.8 Å². The van der Waals surface area contributed by atoms with Crippen LogP contribution in [0.4, 0.5) is 10.5 Å². The molecular formula is C12H12ClIN2O4. The highest BCUT2D eigenvalue weighted by atomic mass is 127. The molecule has 0 aliphatic carbocycles. The number of rotatable bonds is 2. The van der Waals surface area contributed by atoms with E-state index in [0.717, 1.165) is 8.47 Å². The lowest BCUT2D eigenvalue weighted by molar-refractivity contribution is -0.141. The first-order valence-corrected chi connectivity index (χ1v) is 7.27. The molecule has 8 heteroatoms. The number of nitrogens with one attached hydrogen (secondary N) is 1. The van der Waals surface area contributed by atoms with Gasteiger partial charge in [-0.15, -0.1) is 0 Å². The second kappa shape index (κ2) is 6.15. The van der Waals surface area contributed by atoms with Crippen molar-refractivity contribution >= 4 is 51.9 Å². The maximum atomic E-state index is 12.1. The summed E-state index contributed by atoms with van der Waals surface area (Å²) in [6.07, 6.45) is -0.772. The van der Waals surface area contributed by atoms with Gasteiger partial charge in [-0.25, -0.2) is 9.59 Å². The molecule has 20 heavy (non-hydrogen) atoms. The third-order valence-electron chi connectivity index (χ3n) is 3.00. The Hall–Kier alpha value is -1.06. The number of carboxylic acids is 1. The molecule has 6 nitrogen and oxygen atoms in total. The van der Waals surface area contributed by atoms with Crippen LogP contribution in [0.15, 0.2) is 18.2 Å². The number of benzene rings is 1. The zero-order valence-electron chi connectivity index (χ0n) is 10.2. The minimum absolute atomic E-state index is 0.00691. The van der Waals surface area contributed by atoms with E-state index in [1.165, 1.54) is 0 Å². The van der Waals surface area contributed by atoms with Gasteiger partial charge < -0.3 is 20.4 Å². The summed E-state index contributed by atoms with van der Waals surface area (Å²) in [5, 5.41) is 21.8. The van der Waals surface area contributed by atoms with Gasteiger partial charge in [0.2, 0.25) is 0 Å². The van der Waals surface area contributed by atoms with Gasteiger partial charge in [0.25, 0.3) is 0 Å². The number of aliphatic hydroxyl groups excluding tert-OH is 1. The van der Waals surface area contributed by atoms with E-state index in [9.17, 15) is 14.7 Å². The van der Waals surface area contributed by atoms with Gasteiger partial charge in [-0.2, -0.15) is 0 Å². The summed E-state index contributed by atoms with van der Waals surface area (Å²) < 4.78 is 0.745. The first kappa shape index (κ1) is 15.3. The molecule has 0 radical (unpaired) electrons. The molecule has 1 saturated heterocycles. The van der Waals surface area contributed by atoms with E-state index in [1.807, 2.05) is 22.6 Å². The van der Waals surface area contributed by atoms with Crippen LogP contribution in [-0.2, 0) is 4.79 Å². The molecule has 1 heterocycles. The zero-order valence-corrected chi connectivity index (χ0v) is 13.1. The molecule has 1 aliphatic heterocycles. The molecule has 2 rings (SSSR count). The van der Waals surface area contributed by atoms with E-state index in [1.54, 1.807) is 18.2 Å². The van der Waals surface area contributed by atoms with Crippen molar-refractivity contribution < 1.29 is 19.8 Å². The van der Waals surface area contributed by atoms with E-state index in [2.05, 4.69) is 5.32 Å². The number of β-amino-alcohol motifs (C(OH)–C–C–N with tert-alkyl or cyclic N) is 1. The molecule has 1 fully saturated rings. The third-order valence-corrected chi connectivity index (χ3v) is 4.13. The molecule has 1 unspecified atom stereocenters. The van der Waals surface area contributed by atoms with Crippen LogP contribution in [0.2, 0.25) is 5.02 Å². The van der Waals surface area contributed by atoms with Crippen LogP contribution < -0.4 is 5.32 Å². The number of halogens is 2. The molecule has 0 bridgehead atoms. The van der Waals surface area contributed by atoms with Crippen LogP contribution >= 0.6 is 34.2 Å². The summed E-state index contributed by atoms with van der Waals surface area (Å²) in [7, 11) is 0. The summed E-state index contributed by atoms with van der Waals surface area (Å²) >= 11 is 7.85. The number of urea groups is 1. The Kier molecular flexibility index (Phi) is 4.71. The fourth-order valence-electron chi connectivity index (χ4n) is 2.05. The van der Waals surface area contributed by atoms with Crippen LogP contribution in [0, 0.1) is 3.57 Å². The number of likely N-dealkylation sites (tertiary alicyclic amines) is 1. The van der Waals surface area contributed by atoms with Gasteiger partial charge in [0.05, 0.1) is 11.8 Å². The van der Waals surface area contributed by atoms with Crippen molar-refractivity contribution in [1.29, 1.82) is 0 Å². The molecule has 1 aromatic rings. The summed E-state index contributed by atoms with van der Waals surface area (Å²) in [5.41, 5.74) is 0.547. The van der Waals surface area contributed by atoms with E-state index in [4.69, 9.17) is 16.7 Å². The fraction of sp³-hybridized carbons (Fsp3) is 0.333.